The molecule has 8 heteroatoms. The lowest BCUT2D eigenvalue weighted by molar-refractivity contribution is -0.155. The van der Waals surface area contributed by atoms with Crippen molar-refractivity contribution in [3.63, 3.8) is 0 Å². The predicted octanol–water partition coefficient (Wildman–Crippen LogP) is 2.45. The van der Waals surface area contributed by atoms with Crippen molar-refractivity contribution >= 4 is 11.9 Å². The van der Waals surface area contributed by atoms with Gasteiger partial charge < -0.3 is 14.6 Å². The van der Waals surface area contributed by atoms with Gasteiger partial charge in [-0.15, -0.1) is 0 Å². The lowest BCUT2D eigenvalue weighted by atomic mass is 9.81. The van der Waals surface area contributed by atoms with E-state index in [9.17, 15) is 9.59 Å². The topological polar surface area (TPSA) is 107 Å². The molecule has 0 bridgehead atoms. The predicted molar refractivity (Wildman–Crippen MR) is 96.4 cm³/mol. The van der Waals surface area contributed by atoms with Crippen LogP contribution < -0.4 is 5.32 Å². The first kappa shape index (κ1) is 19.0. The molecule has 0 aliphatic heterocycles. The second-order valence-corrected chi connectivity index (χ2v) is 6.66. The fraction of sp³-hybridized carbons (Fsp3) is 0.526. The van der Waals surface area contributed by atoms with Crippen molar-refractivity contribution < 1.29 is 18.8 Å². The van der Waals surface area contributed by atoms with E-state index in [2.05, 4.69) is 20.4 Å². The molecule has 8 nitrogen and oxygen atoms in total. The van der Waals surface area contributed by atoms with Crippen LogP contribution in [0.15, 0.2) is 29.0 Å². The van der Waals surface area contributed by atoms with Gasteiger partial charge in [0.15, 0.2) is 0 Å². The highest BCUT2D eigenvalue weighted by molar-refractivity contribution is 5.88. The van der Waals surface area contributed by atoms with E-state index in [1.807, 2.05) is 0 Å². The number of nitrogens with zero attached hydrogens (tertiary/aromatic N) is 3. The Kier molecular flexibility index (Phi) is 6.16. The maximum atomic E-state index is 12.5. The standard InChI is InChI=1S/C19H24N4O4/c1-2-26-18(25)19(10-4-3-5-11-19)22-15(24)6-7-16-21-17(23-27-16)14-8-12-20-13-9-14/h8-9,12-13H,2-7,10-11H2,1H3,(H,22,24). The van der Waals surface area contributed by atoms with Gasteiger partial charge in [0.2, 0.25) is 17.6 Å². The summed E-state index contributed by atoms with van der Waals surface area (Å²) in [7, 11) is 0. The molecule has 0 atom stereocenters. The lowest BCUT2D eigenvalue weighted by Crippen LogP contribution is -2.56. The molecule has 0 unspecified atom stereocenters. The van der Waals surface area contributed by atoms with Gasteiger partial charge in [0.05, 0.1) is 6.61 Å². The summed E-state index contributed by atoms with van der Waals surface area (Å²) in [6.07, 6.45) is 7.87. The Morgan fingerprint density at radius 3 is 2.67 bits per heavy atom. The molecule has 0 saturated heterocycles. The smallest absolute Gasteiger partial charge is 0.331 e. The summed E-state index contributed by atoms with van der Waals surface area (Å²) in [4.78, 5) is 33.1. The van der Waals surface area contributed by atoms with Gasteiger partial charge in [0.25, 0.3) is 0 Å². The number of aromatic nitrogens is 3. The van der Waals surface area contributed by atoms with Gasteiger partial charge in [0.1, 0.15) is 5.54 Å². The fourth-order valence-electron chi connectivity index (χ4n) is 3.33. The Balaban J connectivity index is 1.58. The van der Waals surface area contributed by atoms with Crippen molar-refractivity contribution in [2.24, 2.45) is 0 Å². The van der Waals surface area contributed by atoms with Gasteiger partial charge in [-0.25, -0.2) is 4.79 Å². The van der Waals surface area contributed by atoms with Crippen LogP contribution in [-0.4, -0.2) is 39.1 Å². The molecule has 1 aliphatic rings. The molecule has 1 amide bonds. The van der Waals surface area contributed by atoms with E-state index < -0.39 is 5.54 Å². The third kappa shape index (κ3) is 4.69. The van der Waals surface area contributed by atoms with E-state index in [4.69, 9.17) is 9.26 Å². The number of esters is 1. The number of ether oxygens (including phenoxy) is 1. The van der Waals surface area contributed by atoms with Gasteiger partial charge in [-0.1, -0.05) is 24.4 Å². The number of carbonyl (C=O) groups excluding carboxylic acids is 2. The van der Waals surface area contributed by atoms with Crippen molar-refractivity contribution in [2.75, 3.05) is 6.61 Å². The molecule has 2 aromatic heterocycles. The molecule has 2 heterocycles. The van der Waals surface area contributed by atoms with Crippen LogP contribution in [-0.2, 0) is 20.7 Å². The summed E-state index contributed by atoms with van der Waals surface area (Å²) in [6.45, 7) is 2.07. The number of carbonyl (C=O) groups is 2. The minimum absolute atomic E-state index is 0.166. The second kappa shape index (κ2) is 8.75. The van der Waals surface area contributed by atoms with Crippen molar-refractivity contribution in [1.29, 1.82) is 0 Å². The molecule has 2 aromatic rings. The summed E-state index contributed by atoms with van der Waals surface area (Å²) >= 11 is 0. The Labute approximate surface area is 157 Å². The molecule has 0 aromatic carbocycles. The molecule has 0 radical (unpaired) electrons. The molecular formula is C19H24N4O4. The van der Waals surface area contributed by atoms with Gasteiger partial charge in [-0.2, -0.15) is 4.98 Å². The molecule has 1 aliphatic carbocycles. The van der Waals surface area contributed by atoms with Gasteiger partial charge >= 0.3 is 5.97 Å². The zero-order chi connectivity index (χ0) is 19.1. The van der Waals surface area contributed by atoms with Crippen molar-refractivity contribution in [1.82, 2.24) is 20.4 Å². The van der Waals surface area contributed by atoms with Gasteiger partial charge in [-0.05, 0) is 31.9 Å². The zero-order valence-corrected chi connectivity index (χ0v) is 15.4. The minimum Gasteiger partial charge on any atom is -0.464 e. The van der Waals surface area contributed by atoms with Crippen molar-refractivity contribution in [2.45, 2.75) is 57.4 Å². The van der Waals surface area contributed by atoms with Crippen LogP contribution >= 0.6 is 0 Å². The quantitative estimate of drug-likeness (QED) is 0.744. The lowest BCUT2D eigenvalue weighted by Gasteiger charge is -2.35. The highest BCUT2D eigenvalue weighted by Gasteiger charge is 2.42. The summed E-state index contributed by atoms with van der Waals surface area (Å²) < 4.78 is 10.4. The van der Waals surface area contributed by atoms with Gasteiger partial charge in [0, 0.05) is 30.8 Å². The number of pyridine rings is 1. The summed E-state index contributed by atoms with van der Waals surface area (Å²) in [5, 5.41) is 6.84. The normalized spacial score (nSPS) is 15.9. The second-order valence-electron chi connectivity index (χ2n) is 6.66. The van der Waals surface area contributed by atoms with Crippen LogP contribution in [0.25, 0.3) is 11.4 Å². The van der Waals surface area contributed by atoms with Gasteiger partial charge in [-0.3, -0.25) is 9.78 Å². The highest BCUT2D eigenvalue weighted by atomic mass is 16.5. The Morgan fingerprint density at radius 2 is 1.96 bits per heavy atom. The van der Waals surface area contributed by atoms with E-state index in [1.165, 1.54) is 0 Å². The zero-order valence-electron chi connectivity index (χ0n) is 15.4. The van der Waals surface area contributed by atoms with E-state index in [0.717, 1.165) is 24.8 Å². The number of amides is 1. The minimum atomic E-state index is -0.900. The van der Waals surface area contributed by atoms with Crippen LogP contribution in [0.3, 0.4) is 0 Å². The molecule has 144 valence electrons. The number of nitrogens with one attached hydrogen (secondary N) is 1. The van der Waals surface area contributed by atoms with E-state index in [1.54, 1.807) is 31.5 Å². The molecule has 1 N–H and O–H groups in total. The highest BCUT2D eigenvalue weighted by Crippen LogP contribution is 2.29. The Bertz CT molecular complexity index is 769. The third-order valence-electron chi connectivity index (χ3n) is 4.72. The molecule has 0 spiro atoms. The molecule has 1 fully saturated rings. The molecule has 27 heavy (non-hydrogen) atoms. The van der Waals surface area contributed by atoms with E-state index in [-0.39, 0.29) is 18.3 Å². The fourth-order valence-corrected chi connectivity index (χ4v) is 3.33. The maximum absolute atomic E-state index is 12.5. The number of aryl methyl sites for hydroxylation is 1. The van der Waals surface area contributed by atoms with Crippen molar-refractivity contribution in [3.05, 3.63) is 30.4 Å². The molecule has 3 rings (SSSR count). The Morgan fingerprint density at radius 1 is 1.22 bits per heavy atom. The summed E-state index contributed by atoms with van der Waals surface area (Å²) in [6, 6.07) is 3.57. The molecular weight excluding hydrogens is 348 g/mol. The first-order chi connectivity index (χ1) is 13.1. The van der Waals surface area contributed by atoms with Crippen molar-refractivity contribution in [3.8, 4) is 11.4 Å². The number of hydrogen-bond donors (Lipinski definition) is 1. The number of hydrogen-bond acceptors (Lipinski definition) is 7. The first-order valence-corrected chi connectivity index (χ1v) is 9.34. The summed E-state index contributed by atoms with van der Waals surface area (Å²) in [5.74, 6) is 0.290. The SMILES string of the molecule is CCOC(=O)C1(NC(=O)CCc2nc(-c3ccncc3)no2)CCCCC1. The maximum Gasteiger partial charge on any atom is 0.331 e. The average Bonchev–Trinajstić information content (AvgIpc) is 3.17. The van der Waals surface area contributed by atoms with Crippen LogP contribution in [0.5, 0.6) is 0 Å². The molecule has 1 saturated carbocycles. The summed E-state index contributed by atoms with van der Waals surface area (Å²) in [5.41, 5.74) is -0.101. The Hall–Kier alpha value is -2.77. The van der Waals surface area contributed by atoms with Crippen LogP contribution in [0, 0.1) is 0 Å². The monoisotopic (exact) mass is 372 g/mol. The van der Waals surface area contributed by atoms with Crippen LogP contribution in [0.1, 0.15) is 51.3 Å². The average molecular weight is 372 g/mol. The van der Waals surface area contributed by atoms with E-state index >= 15 is 0 Å². The third-order valence-corrected chi connectivity index (χ3v) is 4.72. The number of rotatable bonds is 7. The van der Waals surface area contributed by atoms with Crippen LogP contribution in [0.2, 0.25) is 0 Å². The van der Waals surface area contributed by atoms with Crippen LogP contribution in [0.4, 0.5) is 0 Å². The first-order valence-electron chi connectivity index (χ1n) is 9.34. The van der Waals surface area contributed by atoms with E-state index in [0.29, 0.717) is 37.6 Å². The largest absolute Gasteiger partial charge is 0.464 e.